The van der Waals surface area contributed by atoms with E-state index in [0.717, 1.165) is 44.9 Å². The second-order valence-corrected chi connectivity index (χ2v) is 23.6. The van der Waals surface area contributed by atoms with Crippen LogP contribution in [0.3, 0.4) is 0 Å². The van der Waals surface area contributed by atoms with Crippen LogP contribution < -0.4 is 0 Å². The number of ether oxygens (including phenoxy) is 2. The minimum atomic E-state index is -4.37. The van der Waals surface area contributed by atoms with Crippen LogP contribution in [0, 0.1) is 0 Å². The van der Waals surface area contributed by atoms with E-state index < -0.39 is 26.5 Å². The zero-order valence-electron chi connectivity index (χ0n) is 48.2. The maximum absolute atomic E-state index is 12.8. The van der Waals surface area contributed by atoms with Gasteiger partial charge in [0, 0.05) is 12.8 Å². The number of phosphoric ester groups is 1. The third-order valence-corrected chi connectivity index (χ3v) is 14.7. The van der Waals surface area contributed by atoms with Gasteiger partial charge in [-0.2, -0.15) is 0 Å². The average Bonchev–Trinajstić information content (AvgIpc) is 3.34. The van der Waals surface area contributed by atoms with Crippen LogP contribution in [0.15, 0.2) is 36.5 Å². The molecule has 72 heavy (non-hydrogen) atoms. The summed E-state index contributed by atoms with van der Waals surface area (Å²) >= 11 is 0. The maximum atomic E-state index is 12.8. The fraction of sp³-hybridized carbons (Fsp3) is 0.871. The van der Waals surface area contributed by atoms with Gasteiger partial charge in [-0.05, 0) is 51.4 Å². The van der Waals surface area contributed by atoms with E-state index >= 15 is 0 Å². The molecule has 0 aromatic carbocycles. The summed E-state index contributed by atoms with van der Waals surface area (Å²) in [6.07, 6.45) is 67.0. The van der Waals surface area contributed by atoms with Gasteiger partial charge < -0.3 is 18.9 Å². The zero-order chi connectivity index (χ0) is 52.7. The molecule has 10 heteroatoms. The van der Waals surface area contributed by atoms with E-state index in [-0.39, 0.29) is 25.6 Å². The number of hydrogen-bond donors (Lipinski definition) is 1. The molecular formula is C62H119NO8P+. The standard InChI is InChI=1S/C62H118NO8P/c1-6-8-10-12-14-16-17-18-19-20-21-22-23-24-25-26-27-28-29-30-31-32-33-34-35-36-37-38-39-40-41-42-43-44-45-47-49-51-53-55-62(65)71-60(59-70-72(66,67)69-57-56-63(3,4)5)58-68-61(64)54-52-50-48-46-15-13-11-9-7-2/h17-18,20-21,23-24,60H,6-16,19,22,25-59H2,1-5H3/p+1/b18-17-,21-20-,24-23-. The van der Waals surface area contributed by atoms with Crippen LogP contribution in [0.2, 0.25) is 0 Å². The van der Waals surface area contributed by atoms with Crippen molar-refractivity contribution in [3.63, 3.8) is 0 Å². The van der Waals surface area contributed by atoms with Crippen molar-refractivity contribution in [3.8, 4) is 0 Å². The van der Waals surface area contributed by atoms with Crippen LogP contribution in [0.4, 0.5) is 0 Å². The lowest BCUT2D eigenvalue weighted by molar-refractivity contribution is -0.870. The fourth-order valence-corrected chi connectivity index (χ4v) is 9.65. The average molecular weight is 1040 g/mol. The van der Waals surface area contributed by atoms with Crippen LogP contribution in [0.1, 0.15) is 296 Å². The quantitative estimate of drug-likeness (QED) is 0.0211. The summed E-state index contributed by atoms with van der Waals surface area (Å²) in [5, 5.41) is 0. The van der Waals surface area contributed by atoms with Crippen molar-refractivity contribution in [1.29, 1.82) is 0 Å². The summed E-state index contributed by atoms with van der Waals surface area (Å²) in [7, 11) is 1.49. The summed E-state index contributed by atoms with van der Waals surface area (Å²) in [5.41, 5.74) is 0. The van der Waals surface area contributed by atoms with Crippen LogP contribution in [0.5, 0.6) is 0 Å². The molecular weight excluding hydrogens is 918 g/mol. The number of likely N-dealkylation sites (N-methyl/N-ethyl adjacent to an activating group) is 1. The van der Waals surface area contributed by atoms with Gasteiger partial charge in [-0.15, -0.1) is 0 Å². The second kappa shape index (κ2) is 54.0. The molecule has 0 fully saturated rings. The number of phosphoric acid groups is 1. The number of carbonyl (C=O) groups is 2. The molecule has 0 amide bonds. The first-order chi connectivity index (χ1) is 35.0. The molecule has 0 aromatic heterocycles. The number of rotatable bonds is 57. The number of nitrogens with zero attached hydrogens (tertiary/aromatic N) is 1. The van der Waals surface area contributed by atoms with Gasteiger partial charge in [-0.1, -0.05) is 269 Å². The molecule has 9 nitrogen and oxygen atoms in total. The van der Waals surface area contributed by atoms with Crippen molar-refractivity contribution in [2.45, 2.75) is 302 Å². The fourth-order valence-electron chi connectivity index (χ4n) is 8.91. The Labute approximate surface area is 446 Å². The van der Waals surface area contributed by atoms with Crippen LogP contribution >= 0.6 is 7.82 Å². The van der Waals surface area contributed by atoms with Gasteiger partial charge in [0.2, 0.25) is 0 Å². The second-order valence-electron chi connectivity index (χ2n) is 22.1. The summed E-state index contributed by atoms with van der Waals surface area (Å²) in [4.78, 5) is 35.5. The number of carbonyl (C=O) groups excluding carboxylic acids is 2. The predicted molar refractivity (Wildman–Crippen MR) is 307 cm³/mol. The first-order valence-electron chi connectivity index (χ1n) is 30.7. The van der Waals surface area contributed by atoms with Crippen molar-refractivity contribution in [1.82, 2.24) is 0 Å². The number of unbranched alkanes of at least 4 members (excludes halogenated alkanes) is 37. The molecule has 0 rings (SSSR count). The molecule has 0 bridgehead atoms. The Morgan fingerprint density at radius 3 is 1.11 bits per heavy atom. The van der Waals surface area contributed by atoms with Crippen molar-refractivity contribution >= 4 is 19.8 Å². The smallest absolute Gasteiger partial charge is 0.462 e. The Hall–Kier alpha value is -1.77. The molecule has 0 spiro atoms. The normalized spacial score (nSPS) is 13.5. The van der Waals surface area contributed by atoms with Crippen LogP contribution in [-0.4, -0.2) is 74.9 Å². The Morgan fingerprint density at radius 2 is 0.750 bits per heavy atom. The lowest BCUT2D eigenvalue weighted by Gasteiger charge is -2.24. The summed E-state index contributed by atoms with van der Waals surface area (Å²) in [6, 6.07) is 0. The van der Waals surface area contributed by atoms with Crippen LogP contribution in [-0.2, 0) is 32.7 Å². The molecule has 0 aromatic rings. The van der Waals surface area contributed by atoms with Gasteiger partial charge in [0.1, 0.15) is 19.8 Å². The highest BCUT2D eigenvalue weighted by molar-refractivity contribution is 7.47. The van der Waals surface area contributed by atoms with Crippen molar-refractivity contribution in [2.75, 3.05) is 47.5 Å². The largest absolute Gasteiger partial charge is 0.472 e. The first kappa shape index (κ1) is 70.2. The van der Waals surface area contributed by atoms with E-state index in [2.05, 4.69) is 50.3 Å². The van der Waals surface area contributed by atoms with E-state index in [0.29, 0.717) is 23.9 Å². The lowest BCUT2D eigenvalue weighted by atomic mass is 10.0. The van der Waals surface area contributed by atoms with Gasteiger partial charge >= 0.3 is 19.8 Å². The molecule has 0 saturated heterocycles. The predicted octanol–water partition coefficient (Wildman–Crippen LogP) is 19.2. The molecule has 1 N–H and O–H groups in total. The van der Waals surface area contributed by atoms with Gasteiger partial charge in [0.15, 0.2) is 6.10 Å². The Morgan fingerprint density at radius 1 is 0.431 bits per heavy atom. The van der Waals surface area contributed by atoms with Crippen LogP contribution in [0.25, 0.3) is 0 Å². The monoisotopic (exact) mass is 1040 g/mol. The van der Waals surface area contributed by atoms with E-state index in [1.54, 1.807) is 0 Å². The Bertz CT molecular complexity index is 1310. The number of quaternary nitrogens is 1. The Balaban J connectivity index is 3.81. The molecule has 2 atom stereocenters. The molecule has 424 valence electrons. The van der Waals surface area contributed by atoms with Gasteiger partial charge in [-0.3, -0.25) is 18.6 Å². The molecule has 0 heterocycles. The highest BCUT2D eigenvalue weighted by Crippen LogP contribution is 2.43. The molecule has 2 unspecified atom stereocenters. The Kier molecular flexibility index (Phi) is 52.7. The first-order valence-corrected chi connectivity index (χ1v) is 32.2. The SMILES string of the molecule is CCCCCCC/C=C\C/C=C\C/C=C\CCCCCCCCCCCCCCCCCCCCCCCCCCC(=O)OC(COC(=O)CCCCCCCCCCC)COP(=O)(O)OCC[N+](C)(C)C. The number of esters is 2. The van der Waals surface area contributed by atoms with E-state index in [4.69, 9.17) is 18.5 Å². The zero-order valence-corrected chi connectivity index (χ0v) is 49.1. The minimum absolute atomic E-state index is 0.0349. The van der Waals surface area contributed by atoms with Gasteiger partial charge in [-0.25, -0.2) is 4.57 Å². The molecule has 0 aliphatic carbocycles. The number of allylic oxidation sites excluding steroid dienone is 6. The summed E-state index contributed by atoms with van der Waals surface area (Å²) < 4.78 is 34.4. The minimum Gasteiger partial charge on any atom is -0.462 e. The highest BCUT2D eigenvalue weighted by atomic mass is 31.2. The van der Waals surface area contributed by atoms with Gasteiger partial charge in [0.05, 0.1) is 27.7 Å². The highest BCUT2D eigenvalue weighted by Gasteiger charge is 2.27. The van der Waals surface area contributed by atoms with Crippen molar-refractivity contribution in [3.05, 3.63) is 36.5 Å². The van der Waals surface area contributed by atoms with E-state index in [9.17, 15) is 19.0 Å². The summed E-state index contributed by atoms with van der Waals surface area (Å²) in [6.45, 7) is 4.43. The number of hydrogen-bond acceptors (Lipinski definition) is 7. The third-order valence-electron chi connectivity index (χ3n) is 13.7. The molecule has 0 aliphatic heterocycles. The lowest BCUT2D eigenvalue weighted by Crippen LogP contribution is -2.37. The van der Waals surface area contributed by atoms with Crippen molar-refractivity contribution in [2.24, 2.45) is 0 Å². The molecule has 0 radical (unpaired) electrons. The van der Waals surface area contributed by atoms with Gasteiger partial charge in [0.25, 0.3) is 0 Å². The van der Waals surface area contributed by atoms with E-state index in [1.807, 2.05) is 21.1 Å². The maximum Gasteiger partial charge on any atom is 0.472 e. The topological polar surface area (TPSA) is 108 Å². The summed E-state index contributed by atoms with van der Waals surface area (Å²) in [5.74, 6) is -0.787. The third kappa shape index (κ3) is 57.5. The molecule has 0 saturated carbocycles. The van der Waals surface area contributed by atoms with Crippen molar-refractivity contribution < 1.29 is 42.1 Å². The molecule has 0 aliphatic rings. The van der Waals surface area contributed by atoms with E-state index in [1.165, 1.54) is 218 Å².